The Morgan fingerprint density at radius 1 is 1.18 bits per heavy atom. The number of benzene rings is 2. The predicted molar refractivity (Wildman–Crippen MR) is 85.5 cm³/mol. The number of hydrogen-bond acceptors (Lipinski definition) is 5. The zero-order valence-electron chi connectivity index (χ0n) is 12.8. The van der Waals surface area contributed by atoms with Crippen molar-refractivity contribution in [3.63, 3.8) is 0 Å². The third-order valence-electron chi connectivity index (χ3n) is 3.40. The molecule has 0 aliphatic rings. The number of aromatic hydroxyl groups is 1. The molecule has 5 heteroatoms. The van der Waals surface area contributed by atoms with Gasteiger partial charge in [0.05, 0.1) is 0 Å². The van der Waals surface area contributed by atoms with Crippen molar-refractivity contribution in [3.05, 3.63) is 47.4 Å². The van der Waals surface area contributed by atoms with Crippen molar-refractivity contribution in [1.82, 2.24) is 0 Å². The molecule has 0 saturated carbocycles. The highest BCUT2D eigenvalue weighted by molar-refractivity contribution is 5.95. The molecule has 0 amide bonds. The Hall–Kier alpha value is -2.69. The Balaban J connectivity index is 2.60. The molecule has 0 aliphatic heterocycles. The molecule has 0 radical (unpaired) electrons. The van der Waals surface area contributed by atoms with E-state index in [1.165, 1.54) is 13.8 Å². The van der Waals surface area contributed by atoms with Crippen LogP contribution in [0.4, 0.5) is 5.69 Å². The van der Waals surface area contributed by atoms with E-state index in [1.807, 2.05) is 31.2 Å². The van der Waals surface area contributed by atoms with E-state index < -0.39 is 0 Å². The molecule has 2 N–H and O–H groups in total. The second kappa shape index (κ2) is 6.39. The summed E-state index contributed by atoms with van der Waals surface area (Å²) in [5.74, 6) is -0.581. The van der Waals surface area contributed by atoms with Gasteiger partial charge in [0.2, 0.25) is 0 Å². The molecule has 0 saturated heterocycles. The summed E-state index contributed by atoms with van der Waals surface area (Å²) >= 11 is 0. The van der Waals surface area contributed by atoms with Crippen LogP contribution in [0.3, 0.4) is 0 Å². The number of carbonyl (C=O) groups excluding carboxylic acids is 1. The van der Waals surface area contributed by atoms with E-state index >= 15 is 0 Å². The second-order valence-electron chi connectivity index (χ2n) is 4.99. The number of nitrogens with zero attached hydrogens (tertiary/aromatic N) is 2. The van der Waals surface area contributed by atoms with E-state index in [1.54, 1.807) is 6.07 Å². The van der Waals surface area contributed by atoms with E-state index in [-0.39, 0.29) is 28.7 Å². The SMILES string of the molecule is CCc1cc(N=NC(C(C)=O)=C(C)O)c(O)c2ccccc12. The van der Waals surface area contributed by atoms with Crippen molar-refractivity contribution in [2.75, 3.05) is 0 Å². The number of ketones is 1. The molecule has 0 aliphatic carbocycles. The van der Waals surface area contributed by atoms with Crippen molar-refractivity contribution in [2.24, 2.45) is 10.2 Å². The van der Waals surface area contributed by atoms with Crippen LogP contribution in [0.2, 0.25) is 0 Å². The average molecular weight is 298 g/mol. The normalized spacial score (nSPS) is 12.7. The molecule has 0 bridgehead atoms. The lowest BCUT2D eigenvalue weighted by Gasteiger charge is -2.08. The summed E-state index contributed by atoms with van der Waals surface area (Å²) in [6.45, 7) is 4.68. The molecule has 0 heterocycles. The number of aryl methyl sites for hydroxylation is 1. The number of phenols is 1. The van der Waals surface area contributed by atoms with E-state index in [4.69, 9.17) is 0 Å². The minimum absolute atomic E-state index is 0.00930. The first-order chi connectivity index (χ1) is 10.5. The van der Waals surface area contributed by atoms with Gasteiger partial charge in [-0.25, -0.2) is 0 Å². The number of allylic oxidation sites excluding steroid dienone is 2. The third-order valence-corrected chi connectivity index (χ3v) is 3.40. The van der Waals surface area contributed by atoms with Crippen molar-refractivity contribution < 1.29 is 15.0 Å². The van der Waals surface area contributed by atoms with Crippen molar-refractivity contribution in [2.45, 2.75) is 27.2 Å². The number of rotatable bonds is 4. The number of azo groups is 1. The number of carbonyl (C=O) groups is 1. The smallest absolute Gasteiger partial charge is 0.183 e. The number of aliphatic hydroxyl groups excluding tert-OH is 1. The van der Waals surface area contributed by atoms with Gasteiger partial charge in [-0.2, -0.15) is 0 Å². The molecule has 114 valence electrons. The minimum atomic E-state index is -0.389. The monoisotopic (exact) mass is 298 g/mol. The van der Waals surface area contributed by atoms with Crippen LogP contribution in [0.25, 0.3) is 10.8 Å². The van der Waals surface area contributed by atoms with Gasteiger partial charge in [0, 0.05) is 12.3 Å². The van der Waals surface area contributed by atoms with Crippen molar-refractivity contribution in [3.8, 4) is 5.75 Å². The van der Waals surface area contributed by atoms with Crippen LogP contribution in [-0.4, -0.2) is 16.0 Å². The molecular weight excluding hydrogens is 280 g/mol. The lowest BCUT2D eigenvalue weighted by molar-refractivity contribution is -0.113. The third kappa shape index (κ3) is 2.98. The summed E-state index contributed by atoms with van der Waals surface area (Å²) < 4.78 is 0. The van der Waals surface area contributed by atoms with Crippen LogP contribution < -0.4 is 0 Å². The van der Waals surface area contributed by atoms with Crippen LogP contribution in [0.1, 0.15) is 26.3 Å². The summed E-state index contributed by atoms with van der Waals surface area (Å²) in [6.07, 6.45) is 0.776. The van der Waals surface area contributed by atoms with Gasteiger partial charge in [0.15, 0.2) is 17.2 Å². The fourth-order valence-electron chi connectivity index (χ4n) is 2.29. The summed E-state index contributed by atoms with van der Waals surface area (Å²) in [7, 11) is 0. The van der Waals surface area contributed by atoms with Crippen LogP contribution >= 0.6 is 0 Å². The highest BCUT2D eigenvalue weighted by Crippen LogP contribution is 2.37. The van der Waals surface area contributed by atoms with Gasteiger partial charge in [-0.1, -0.05) is 31.2 Å². The second-order valence-corrected chi connectivity index (χ2v) is 4.99. The Morgan fingerprint density at radius 3 is 2.36 bits per heavy atom. The molecular formula is C17H18N2O3. The maximum Gasteiger partial charge on any atom is 0.183 e. The standard InChI is InChI=1S/C17H18N2O3/c1-4-12-9-15(18-19-16(10(2)20)11(3)21)17(22)14-8-6-5-7-13(12)14/h5-9,20,22H,4H2,1-3H3. The zero-order valence-corrected chi connectivity index (χ0v) is 12.8. The van der Waals surface area contributed by atoms with Gasteiger partial charge in [-0.05, 0) is 30.4 Å². The fraction of sp³-hybridized carbons (Fsp3) is 0.235. The van der Waals surface area contributed by atoms with E-state index in [2.05, 4.69) is 10.2 Å². The molecule has 0 spiro atoms. The number of phenolic OH excluding ortho intramolecular Hbond substituents is 1. The number of aliphatic hydroxyl groups is 1. The van der Waals surface area contributed by atoms with Gasteiger partial charge < -0.3 is 10.2 Å². The predicted octanol–water partition coefficient (Wildman–Crippen LogP) is 4.57. The first-order valence-electron chi connectivity index (χ1n) is 7.01. The Labute approximate surface area is 128 Å². The Morgan fingerprint density at radius 2 is 1.82 bits per heavy atom. The Bertz CT molecular complexity index is 788. The van der Waals surface area contributed by atoms with Crippen molar-refractivity contribution >= 4 is 22.2 Å². The molecule has 2 aromatic carbocycles. The maximum absolute atomic E-state index is 11.4. The topological polar surface area (TPSA) is 82.2 Å². The molecule has 2 aromatic rings. The van der Waals surface area contributed by atoms with Gasteiger partial charge in [0.25, 0.3) is 0 Å². The highest BCUT2D eigenvalue weighted by Gasteiger charge is 2.11. The summed E-state index contributed by atoms with van der Waals surface area (Å²) in [5.41, 5.74) is 1.18. The average Bonchev–Trinajstić information content (AvgIpc) is 2.49. The molecule has 0 unspecified atom stereocenters. The molecule has 5 nitrogen and oxygen atoms in total. The summed E-state index contributed by atoms with van der Waals surface area (Å²) in [6, 6.07) is 9.23. The quantitative estimate of drug-likeness (QED) is 0.492. The molecule has 0 fully saturated rings. The largest absolute Gasteiger partial charge is 0.510 e. The van der Waals surface area contributed by atoms with Crippen molar-refractivity contribution in [1.29, 1.82) is 0 Å². The number of fused-ring (bicyclic) bond motifs is 1. The zero-order chi connectivity index (χ0) is 16.3. The van der Waals surface area contributed by atoms with Crippen LogP contribution in [0, 0.1) is 0 Å². The summed E-state index contributed by atoms with van der Waals surface area (Å²) in [4.78, 5) is 11.4. The maximum atomic E-state index is 11.4. The van der Waals surface area contributed by atoms with Gasteiger partial charge in [-0.3, -0.25) is 4.79 Å². The number of hydrogen-bond donors (Lipinski definition) is 2. The molecule has 0 atom stereocenters. The van der Waals surface area contributed by atoms with E-state index in [0.29, 0.717) is 5.39 Å². The first kappa shape index (κ1) is 15.7. The number of Topliss-reactive ketones (excluding diaryl/α,β-unsaturated/α-hetero) is 1. The van der Waals surface area contributed by atoms with Crippen LogP contribution in [0.5, 0.6) is 5.75 Å². The summed E-state index contributed by atoms with van der Waals surface area (Å²) in [5, 5.41) is 29.2. The lowest BCUT2D eigenvalue weighted by Crippen LogP contribution is -1.96. The van der Waals surface area contributed by atoms with Gasteiger partial charge in [-0.15, -0.1) is 10.2 Å². The van der Waals surface area contributed by atoms with Crippen LogP contribution in [-0.2, 0) is 11.2 Å². The minimum Gasteiger partial charge on any atom is -0.510 e. The molecule has 22 heavy (non-hydrogen) atoms. The lowest BCUT2D eigenvalue weighted by atomic mass is 10.0. The molecule has 2 rings (SSSR count). The van der Waals surface area contributed by atoms with Gasteiger partial charge in [0.1, 0.15) is 11.4 Å². The first-order valence-corrected chi connectivity index (χ1v) is 7.01. The van der Waals surface area contributed by atoms with E-state index in [0.717, 1.165) is 17.4 Å². The van der Waals surface area contributed by atoms with Gasteiger partial charge >= 0.3 is 0 Å². The molecule has 0 aromatic heterocycles. The Kier molecular flexibility index (Phi) is 4.56. The van der Waals surface area contributed by atoms with Crippen LogP contribution in [0.15, 0.2) is 52.0 Å². The highest BCUT2D eigenvalue weighted by atomic mass is 16.3. The fourth-order valence-corrected chi connectivity index (χ4v) is 2.29. The van der Waals surface area contributed by atoms with E-state index in [9.17, 15) is 15.0 Å².